The van der Waals surface area contributed by atoms with E-state index in [0.29, 0.717) is 12.2 Å². The van der Waals surface area contributed by atoms with Crippen molar-refractivity contribution < 1.29 is 18.7 Å². The topological polar surface area (TPSA) is 59.5 Å². The molecule has 1 aromatic heterocycles. The summed E-state index contributed by atoms with van der Waals surface area (Å²) in [6.45, 7) is 5.14. The van der Waals surface area contributed by atoms with E-state index >= 15 is 0 Å². The van der Waals surface area contributed by atoms with Gasteiger partial charge < -0.3 is 4.74 Å². The largest absolute Gasteiger partial charge is 0.459 e. The highest BCUT2D eigenvalue weighted by Gasteiger charge is 2.29. The van der Waals surface area contributed by atoms with Crippen LogP contribution in [0.1, 0.15) is 32.8 Å². The summed E-state index contributed by atoms with van der Waals surface area (Å²) in [6, 6.07) is 6.35. The Morgan fingerprint density at radius 3 is 2.67 bits per heavy atom. The Morgan fingerprint density at radius 2 is 2.00 bits per heavy atom. The van der Waals surface area contributed by atoms with Crippen LogP contribution in [0.5, 0.6) is 0 Å². The lowest BCUT2D eigenvalue weighted by Gasteiger charge is -2.29. The molecule has 3 rings (SSSR count). The number of hydrogen-bond donors (Lipinski definition) is 0. The summed E-state index contributed by atoms with van der Waals surface area (Å²) >= 11 is 5.86. The average Bonchev–Trinajstić information content (AvgIpc) is 2.58. The maximum atomic E-state index is 13.4. The third kappa shape index (κ3) is 4.45. The molecule has 27 heavy (non-hydrogen) atoms. The number of esters is 1. The highest BCUT2D eigenvalue weighted by molar-refractivity contribution is 6.31. The Hall–Kier alpha value is -2.47. The van der Waals surface area contributed by atoms with E-state index < -0.39 is 17.4 Å². The molecule has 7 heteroatoms. The van der Waals surface area contributed by atoms with Gasteiger partial charge in [0.2, 0.25) is 5.91 Å². The maximum Gasteiger partial charge on any atom is 0.326 e. The van der Waals surface area contributed by atoms with Crippen LogP contribution in [0.4, 0.5) is 10.2 Å². The van der Waals surface area contributed by atoms with Crippen molar-refractivity contribution >= 4 is 29.3 Å². The Morgan fingerprint density at radius 1 is 1.26 bits per heavy atom. The van der Waals surface area contributed by atoms with Crippen LogP contribution in [-0.4, -0.2) is 29.0 Å². The fraction of sp³-hybridized carbons (Fsp3) is 0.350. The fourth-order valence-corrected chi connectivity index (χ4v) is 3.10. The fourth-order valence-electron chi connectivity index (χ4n) is 2.92. The molecule has 1 aliphatic rings. The van der Waals surface area contributed by atoms with E-state index in [1.54, 1.807) is 33.0 Å². The first-order valence-electron chi connectivity index (χ1n) is 8.60. The number of amides is 1. The molecule has 142 valence electrons. The first kappa shape index (κ1) is 19.3. The minimum absolute atomic E-state index is 0.0342. The molecule has 1 aliphatic heterocycles. The number of pyridine rings is 1. The zero-order valence-corrected chi connectivity index (χ0v) is 16.1. The summed E-state index contributed by atoms with van der Waals surface area (Å²) in [5.74, 6) is -0.687. The number of carbonyl (C=O) groups excluding carboxylic acids is 2. The first-order valence-corrected chi connectivity index (χ1v) is 8.98. The molecule has 0 saturated heterocycles. The molecule has 0 saturated carbocycles. The van der Waals surface area contributed by atoms with Gasteiger partial charge in [0.1, 0.15) is 23.8 Å². The van der Waals surface area contributed by atoms with Gasteiger partial charge in [0.15, 0.2) is 0 Å². The van der Waals surface area contributed by atoms with Gasteiger partial charge >= 0.3 is 5.97 Å². The van der Waals surface area contributed by atoms with E-state index in [4.69, 9.17) is 16.3 Å². The van der Waals surface area contributed by atoms with E-state index in [2.05, 4.69) is 4.98 Å². The average molecular weight is 391 g/mol. The number of hydrogen-bond acceptors (Lipinski definition) is 4. The maximum absolute atomic E-state index is 13.4. The van der Waals surface area contributed by atoms with Crippen molar-refractivity contribution in [2.24, 2.45) is 0 Å². The van der Waals surface area contributed by atoms with Gasteiger partial charge in [-0.15, -0.1) is 0 Å². The number of halogens is 2. The van der Waals surface area contributed by atoms with Gasteiger partial charge in [0.05, 0.1) is 5.02 Å². The smallest absolute Gasteiger partial charge is 0.326 e. The number of nitrogens with zero attached hydrogens (tertiary/aromatic N) is 2. The SMILES string of the molecule is CC(C)(C)OC(=O)CN1C(=O)CCc2cc(-c3ccc(F)c(Cl)c3)cnc21. The molecular formula is C20H20ClFN2O3. The lowest BCUT2D eigenvalue weighted by atomic mass is 10.00. The predicted octanol–water partition coefficient (Wildman–Crippen LogP) is 4.16. The van der Waals surface area contributed by atoms with E-state index in [0.717, 1.165) is 16.7 Å². The number of ether oxygens (including phenoxy) is 1. The number of carbonyl (C=O) groups is 2. The van der Waals surface area contributed by atoms with Crippen LogP contribution < -0.4 is 4.90 Å². The zero-order chi connectivity index (χ0) is 19.8. The molecule has 0 aliphatic carbocycles. The number of anilines is 1. The minimum Gasteiger partial charge on any atom is -0.459 e. The monoisotopic (exact) mass is 390 g/mol. The van der Waals surface area contributed by atoms with Crippen LogP contribution in [-0.2, 0) is 20.7 Å². The van der Waals surface area contributed by atoms with Gasteiger partial charge in [-0.25, -0.2) is 9.37 Å². The van der Waals surface area contributed by atoms with Gasteiger partial charge in [-0.2, -0.15) is 0 Å². The third-order valence-electron chi connectivity index (χ3n) is 4.07. The summed E-state index contributed by atoms with van der Waals surface area (Å²) < 4.78 is 18.7. The van der Waals surface area contributed by atoms with Crippen molar-refractivity contribution in [2.75, 3.05) is 11.4 Å². The molecule has 1 aromatic carbocycles. The summed E-state index contributed by atoms with van der Waals surface area (Å²) in [5.41, 5.74) is 1.71. The molecule has 0 N–H and O–H groups in total. The van der Waals surface area contributed by atoms with Gasteiger partial charge in [0.25, 0.3) is 0 Å². The highest BCUT2D eigenvalue weighted by atomic mass is 35.5. The standard InChI is InChI=1S/C20H20ClFN2O3/c1-20(2,3)27-18(26)11-24-17(25)7-5-13-8-14(10-23-19(13)24)12-4-6-16(22)15(21)9-12/h4,6,8-10H,5,7,11H2,1-3H3. The molecular weight excluding hydrogens is 371 g/mol. The van der Waals surface area contributed by atoms with Crippen LogP contribution in [0.25, 0.3) is 11.1 Å². The molecule has 0 atom stereocenters. The second kappa shape index (κ2) is 7.27. The van der Waals surface area contributed by atoms with Crippen LogP contribution >= 0.6 is 11.6 Å². The third-order valence-corrected chi connectivity index (χ3v) is 4.36. The molecule has 0 fully saturated rings. The Kier molecular flexibility index (Phi) is 5.20. The van der Waals surface area contributed by atoms with Crippen molar-refractivity contribution in [3.63, 3.8) is 0 Å². The van der Waals surface area contributed by atoms with E-state index in [1.807, 2.05) is 6.07 Å². The van der Waals surface area contributed by atoms with Gasteiger partial charge in [0, 0.05) is 18.2 Å². The molecule has 0 spiro atoms. The molecule has 1 amide bonds. The number of benzene rings is 1. The number of fused-ring (bicyclic) bond motifs is 1. The summed E-state index contributed by atoms with van der Waals surface area (Å²) in [4.78, 5) is 30.2. The lowest BCUT2D eigenvalue weighted by Crippen LogP contribution is -2.41. The summed E-state index contributed by atoms with van der Waals surface area (Å²) in [7, 11) is 0. The predicted molar refractivity (Wildman–Crippen MR) is 101 cm³/mol. The summed E-state index contributed by atoms with van der Waals surface area (Å²) in [6.07, 6.45) is 2.39. The van der Waals surface area contributed by atoms with Crippen molar-refractivity contribution in [1.82, 2.24) is 4.98 Å². The van der Waals surface area contributed by atoms with Crippen molar-refractivity contribution in [3.05, 3.63) is 46.9 Å². The summed E-state index contributed by atoms with van der Waals surface area (Å²) in [5, 5.41) is 0.0342. The number of aromatic nitrogens is 1. The Bertz CT molecular complexity index is 909. The van der Waals surface area contributed by atoms with Crippen molar-refractivity contribution in [3.8, 4) is 11.1 Å². The van der Waals surface area contributed by atoms with E-state index in [-0.39, 0.29) is 23.9 Å². The van der Waals surface area contributed by atoms with Gasteiger partial charge in [-0.1, -0.05) is 17.7 Å². The van der Waals surface area contributed by atoms with Crippen molar-refractivity contribution in [1.29, 1.82) is 0 Å². The van der Waals surface area contributed by atoms with Crippen LogP contribution in [0.15, 0.2) is 30.5 Å². The van der Waals surface area contributed by atoms with Gasteiger partial charge in [-0.05, 0) is 56.5 Å². The van der Waals surface area contributed by atoms with Crippen LogP contribution in [0, 0.1) is 5.82 Å². The molecule has 0 unspecified atom stereocenters. The Balaban J connectivity index is 1.89. The second-order valence-electron chi connectivity index (χ2n) is 7.40. The van der Waals surface area contributed by atoms with E-state index in [9.17, 15) is 14.0 Å². The molecule has 0 bridgehead atoms. The molecule has 0 radical (unpaired) electrons. The zero-order valence-electron chi connectivity index (χ0n) is 15.4. The van der Waals surface area contributed by atoms with E-state index in [1.165, 1.54) is 17.0 Å². The van der Waals surface area contributed by atoms with Crippen LogP contribution in [0.3, 0.4) is 0 Å². The normalized spacial score (nSPS) is 14.1. The highest BCUT2D eigenvalue weighted by Crippen LogP contribution is 2.31. The number of rotatable bonds is 3. The quantitative estimate of drug-likeness (QED) is 0.738. The second-order valence-corrected chi connectivity index (χ2v) is 7.81. The van der Waals surface area contributed by atoms with Crippen molar-refractivity contribution in [2.45, 2.75) is 39.2 Å². The first-order chi connectivity index (χ1) is 12.6. The molecule has 5 nitrogen and oxygen atoms in total. The Labute approximate surface area is 162 Å². The number of aryl methyl sites for hydroxylation is 1. The van der Waals surface area contributed by atoms with Crippen LogP contribution in [0.2, 0.25) is 5.02 Å². The van der Waals surface area contributed by atoms with Gasteiger partial charge in [-0.3, -0.25) is 14.5 Å². The molecule has 2 aromatic rings. The lowest BCUT2D eigenvalue weighted by molar-refractivity contribution is -0.153. The molecule has 2 heterocycles. The minimum atomic E-state index is -0.627.